The Balaban J connectivity index is 1.43. The van der Waals surface area contributed by atoms with Crippen molar-refractivity contribution in [3.05, 3.63) is 35.9 Å². The summed E-state index contributed by atoms with van der Waals surface area (Å²) in [6.07, 6.45) is 8.54. The van der Waals surface area contributed by atoms with Crippen LogP contribution in [0.1, 0.15) is 69.3 Å². The highest BCUT2D eigenvalue weighted by atomic mass is 16.5. The molecule has 1 atom stereocenters. The van der Waals surface area contributed by atoms with E-state index in [0.29, 0.717) is 12.5 Å². The van der Waals surface area contributed by atoms with Crippen LogP contribution in [0.15, 0.2) is 30.3 Å². The van der Waals surface area contributed by atoms with Crippen LogP contribution in [0.4, 0.5) is 4.79 Å². The highest BCUT2D eigenvalue weighted by molar-refractivity contribution is 5.79. The van der Waals surface area contributed by atoms with Crippen LogP contribution in [-0.4, -0.2) is 71.1 Å². The minimum atomic E-state index is -0.705. The predicted octanol–water partition coefficient (Wildman–Crippen LogP) is 3.46. The summed E-state index contributed by atoms with van der Waals surface area (Å²) in [5.74, 6) is 0.546. The second-order valence-electron chi connectivity index (χ2n) is 10.2. The summed E-state index contributed by atoms with van der Waals surface area (Å²) in [7, 11) is 2.00. The number of aliphatic hydroxyl groups is 1. The number of carbonyl (C=O) groups is 1. The van der Waals surface area contributed by atoms with Gasteiger partial charge in [0.1, 0.15) is 6.17 Å². The Morgan fingerprint density at radius 2 is 1.74 bits per heavy atom. The van der Waals surface area contributed by atoms with Crippen molar-refractivity contribution in [3.63, 3.8) is 0 Å². The van der Waals surface area contributed by atoms with E-state index in [2.05, 4.69) is 45.4 Å². The van der Waals surface area contributed by atoms with Crippen LogP contribution in [0.3, 0.4) is 0 Å². The van der Waals surface area contributed by atoms with E-state index in [1.165, 1.54) is 5.56 Å². The van der Waals surface area contributed by atoms with Crippen molar-refractivity contribution in [2.45, 2.75) is 87.1 Å². The third-order valence-corrected chi connectivity index (χ3v) is 8.49. The largest absolute Gasteiger partial charge is 0.388 e. The molecule has 6 nitrogen and oxygen atoms in total. The molecule has 1 unspecified atom stereocenters. The van der Waals surface area contributed by atoms with E-state index < -0.39 is 5.60 Å². The third kappa shape index (κ3) is 3.66. The van der Waals surface area contributed by atoms with E-state index in [1.54, 1.807) is 0 Å². The molecular formula is C25H37N3O3. The van der Waals surface area contributed by atoms with E-state index in [4.69, 9.17) is 4.74 Å². The molecule has 1 aromatic carbocycles. The lowest BCUT2D eigenvalue weighted by Gasteiger charge is -2.49. The van der Waals surface area contributed by atoms with Crippen LogP contribution in [0.25, 0.3) is 0 Å². The smallest absolute Gasteiger partial charge is 0.322 e. The first kappa shape index (κ1) is 21.2. The lowest BCUT2D eigenvalue weighted by atomic mass is 9.71. The molecule has 0 radical (unpaired) electrons. The number of nitrogens with one attached hydrogen (secondary N) is 1. The monoisotopic (exact) mass is 427 g/mol. The number of urea groups is 1. The van der Waals surface area contributed by atoms with Crippen LogP contribution in [0, 0.1) is 0 Å². The summed E-state index contributed by atoms with van der Waals surface area (Å²) in [5.41, 5.74) is 0.456. The quantitative estimate of drug-likeness (QED) is 0.755. The second-order valence-corrected chi connectivity index (χ2v) is 10.2. The zero-order valence-corrected chi connectivity index (χ0v) is 18.8. The molecule has 2 aliphatic carbocycles. The topological polar surface area (TPSA) is 65.0 Å². The average molecular weight is 428 g/mol. The standard InChI is InChI=1S/C25H37N3O3/c1-26-22-25(14-8-20(9-15-25)19-6-3-2-4-7-19)27(18-24(30)12-5-13-24)23(29)28(22)21-10-16-31-17-11-21/h2-4,6-7,20-22,26,30H,5,8-18H2,1H3. The average Bonchev–Trinajstić information content (AvgIpc) is 3.01. The van der Waals surface area contributed by atoms with E-state index in [0.717, 1.165) is 71.0 Å². The van der Waals surface area contributed by atoms with Crippen molar-refractivity contribution >= 4 is 6.03 Å². The van der Waals surface area contributed by atoms with Gasteiger partial charge in [0.15, 0.2) is 0 Å². The lowest BCUT2D eigenvalue weighted by molar-refractivity contribution is -0.0715. The van der Waals surface area contributed by atoms with Crippen molar-refractivity contribution in [1.82, 2.24) is 15.1 Å². The molecular weight excluding hydrogens is 390 g/mol. The van der Waals surface area contributed by atoms with Gasteiger partial charge in [0.25, 0.3) is 0 Å². The van der Waals surface area contributed by atoms with Crippen molar-refractivity contribution < 1.29 is 14.6 Å². The number of carbonyl (C=O) groups excluding carboxylic acids is 1. The third-order valence-electron chi connectivity index (χ3n) is 8.49. The number of benzene rings is 1. The number of amides is 2. The normalized spacial score (nSPS) is 33.7. The highest BCUT2D eigenvalue weighted by Gasteiger charge is 2.60. The van der Waals surface area contributed by atoms with Gasteiger partial charge >= 0.3 is 6.03 Å². The number of nitrogens with zero attached hydrogens (tertiary/aromatic N) is 2. The molecule has 2 saturated carbocycles. The summed E-state index contributed by atoms with van der Waals surface area (Å²) in [4.78, 5) is 18.1. The SMILES string of the molecule is CNC1N(C2CCOCC2)C(=O)N(CC2(O)CCC2)C12CCC(c1ccccc1)CC2. The Kier molecular flexibility index (Phi) is 5.74. The molecule has 6 heteroatoms. The van der Waals surface area contributed by atoms with E-state index in [9.17, 15) is 9.90 Å². The van der Waals surface area contributed by atoms with Crippen LogP contribution in [0.2, 0.25) is 0 Å². The maximum Gasteiger partial charge on any atom is 0.322 e. The Hall–Kier alpha value is -1.63. The van der Waals surface area contributed by atoms with Gasteiger partial charge < -0.3 is 19.6 Å². The van der Waals surface area contributed by atoms with Gasteiger partial charge in [-0.05, 0) is 76.3 Å². The summed E-state index contributed by atoms with van der Waals surface area (Å²) in [6, 6.07) is 11.1. The van der Waals surface area contributed by atoms with Gasteiger partial charge in [-0.15, -0.1) is 0 Å². The molecule has 4 aliphatic rings. The molecule has 2 heterocycles. The Bertz CT molecular complexity index is 767. The zero-order valence-electron chi connectivity index (χ0n) is 18.8. The van der Waals surface area contributed by atoms with Crippen LogP contribution in [0.5, 0.6) is 0 Å². The van der Waals surface area contributed by atoms with Crippen LogP contribution in [-0.2, 0) is 4.74 Å². The summed E-state index contributed by atoms with van der Waals surface area (Å²) in [6.45, 7) is 1.91. The molecule has 170 valence electrons. The van der Waals surface area contributed by atoms with Gasteiger partial charge in [-0.1, -0.05) is 30.3 Å². The highest BCUT2D eigenvalue weighted by Crippen LogP contribution is 2.49. The molecule has 2 N–H and O–H groups in total. The van der Waals surface area contributed by atoms with Crippen molar-refractivity contribution in [1.29, 1.82) is 0 Å². The first-order valence-electron chi connectivity index (χ1n) is 12.2. The first-order chi connectivity index (χ1) is 15.1. The van der Waals surface area contributed by atoms with Gasteiger partial charge in [-0.25, -0.2) is 4.79 Å². The molecule has 4 fully saturated rings. The number of hydrogen-bond acceptors (Lipinski definition) is 4. The van der Waals surface area contributed by atoms with Crippen LogP contribution < -0.4 is 5.32 Å². The zero-order chi connectivity index (χ0) is 21.5. The van der Waals surface area contributed by atoms with Gasteiger partial charge in [0.05, 0.1) is 17.7 Å². The molecule has 0 aromatic heterocycles. The van der Waals surface area contributed by atoms with Crippen molar-refractivity contribution in [3.8, 4) is 0 Å². The Morgan fingerprint density at radius 1 is 1.06 bits per heavy atom. The number of ether oxygens (including phenoxy) is 1. The molecule has 31 heavy (non-hydrogen) atoms. The second kappa shape index (κ2) is 8.38. The molecule has 2 aliphatic heterocycles. The fourth-order valence-corrected chi connectivity index (χ4v) is 6.57. The minimum Gasteiger partial charge on any atom is -0.388 e. The van der Waals surface area contributed by atoms with Crippen molar-refractivity contribution in [2.24, 2.45) is 0 Å². The van der Waals surface area contributed by atoms with E-state index in [-0.39, 0.29) is 23.8 Å². The molecule has 1 aromatic rings. The van der Waals surface area contributed by atoms with Gasteiger partial charge in [-0.2, -0.15) is 0 Å². The van der Waals surface area contributed by atoms with Crippen molar-refractivity contribution in [2.75, 3.05) is 26.8 Å². The van der Waals surface area contributed by atoms with Gasteiger partial charge in [0, 0.05) is 19.3 Å². The van der Waals surface area contributed by atoms with E-state index >= 15 is 0 Å². The summed E-state index contributed by atoms with van der Waals surface area (Å²) < 4.78 is 5.59. The van der Waals surface area contributed by atoms with Crippen LogP contribution >= 0.6 is 0 Å². The molecule has 2 amide bonds. The fraction of sp³-hybridized carbons (Fsp3) is 0.720. The fourth-order valence-electron chi connectivity index (χ4n) is 6.57. The number of rotatable bonds is 5. The number of hydrogen-bond donors (Lipinski definition) is 2. The minimum absolute atomic E-state index is 0.0106. The Labute approximate surface area is 185 Å². The number of likely N-dealkylation sites (N-methyl/N-ethyl adjacent to an activating group) is 1. The predicted molar refractivity (Wildman–Crippen MR) is 120 cm³/mol. The maximum atomic E-state index is 13.9. The molecule has 0 bridgehead atoms. The molecule has 1 spiro atoms. The maximum absolute atomic E-state index is 13.9. The summed E-state index contributed by atoms with van der Waals surface area (Å²) in [5, 5.41) is 14.6. The molecule has 5 rings (SSSR count). The lowest BCUT2D eigenvalue weighted by Crippen LogP contribution is -2.62. The molecule has 2 saturated heterocycles. The number of β-amino-alcohol motifs (C(OH)–C–C–N with tert-alkyl or cyclic N) is 1. The summed E-state index contributed by atoms with van der Waals surface area (Å²) >= 11 is 0. The van der Waals surface area contributed by atoms with Gasteiger partial charge in [0.2, 0.25) is 0 Å². The first-order valence-corrected chi connectivity index (χ1v) is 12.2. The van der Waals surface area contributed by atoms with E-state index in [1.807, 2.05) is 7.05 Å². The van der Waals surface area contributed by atoms with Gasteiger partial charge in [-0.3, -0.25) is 5.32 Å². The Morgan fingerprint density at radius 3 is 2.32 bits per heavy atom.